The minimum absolute atomic E-state index is 0.461. The van der Waals surface area contributed by atoms with Crippen LogP contribution >= 0.6 is 11.6 Å². The molecule has 1 aliphatic carbocycles. The second-order valence-electron chi connectivity index (χ2n) is 3.73. The molecule has 1 heterocycles. The predicted molar refractivity (Wildman–Crippen MR) is 56.6 cm³/mol. The van der Waals surface area contributed by atoms with Gasteiger partial charge in [0.1, 0.15) is 5.75 Å². The number of hydrogen-bond donors (Lipinski definition) is 0. The van der Waals surface area contributed by atoms with Crippen molar-refractivity contribution in [3.05, 3.63) is 24.0 Å². The van der Waals surface area contributed by atoms with Crippen LogP contribution in [0.5, 0.6) is 5.75 Å². The Morgan fingerprint density at radius 1 is 1.43 bits per heavy atom. The van der Waals surface area contributed by atoms with Gasteiger partial charge < -0.3 is 4.74 Å². The first-order valence-corrected chi connectivity index (χ1v) is 5.55. The SMILES string of the molecule is ClCc1ccc(OCC2CCC2)cn1. The Bertz CT molecular complexity index is 282. The van der Waals surface area contributed by atoms with Crippen LogP contribution in [0.2, 0.25) is 0 Å². The lowest BCUT2D eigenvalue weighted by atomic mass is 9.86. The molecule has 76 valence electrons. The monoisotopic (exact) mass is 211 g/mol. The number of ether oxygens (including phenoxy) is 1. The molecule has 0 radical (unpaired) electrons. The number of alkyl halides is 1. The third kappa shape index (κ3) is 2.38. The van der Waals surface area contributed by atoms with Gasteiger partial charge in [-0.05, 0) is 30.9 Å². The van der Waals surface area contributed by atoms with Crippen molar-refractivity contribution in [3.8, 4) is 5.75 Å². The van der Waals surface area contributed by atoms with E-state index in [1.54, 1.807) is 6.20 Å². The molecule has 0 aromatic carbocycles. The fourth-order valence-corrected chi connectivity index (χ4v) is 1.61. The number of pyridine rings is 1. The highest BCUT2D eigenvalue weighted by Crippen LogP contribution is 2.26. The Morgan fingerprint density at radius 3 is 2.79 bits per heavy atom. The molecule has 1 saturated carbocycles. The van der Waals surface area contributed by atoms with Gasteiger partial charge in [0.25, 0.3) is 0 Å². The first-order valence-electron chi connectivity index (χ1n) is 5.02. The van der Waals surface area contributed by atoms with Gasteiger partial charge in [0.15, 0.2) is 0 Å². The summed E-state index contributed by atoms with van der Waals surface area (Å²) in [6.07, 6.45) is 5.73. The van der Waals surface area contributed by atoms with E-state index in [0.29, 0.717) is 5.88 Å². The van der Waals surface area contributed by atoms with Gasteiger partial charge in [0.05, 0.1) is 24.4 Å². The Kier molecular flexibility index (Phi) is 3.25. The van der Waals surface area contributed by atoms with Gasteiger partial charge in [0, 0.05) is 0 Å². The van der Waals surface area contributed by atoms with Crippen LogP contribution < -0.4 is 4.74 Å². The highest BCUT2D eigenvalue weighted by molar-refractivity contribution is 6.16. The Balaban J connectivity index is 1.83. The van der Waals surface area contributed by atoms with Crippen molar-refractivity contribution in [1.82, 2.24) is 4.98 Å². The molecule has 0 unspecified atom stereocenters. The summed E-state index contributed by atoms with van der Waals surface area (Å²) in [6, 6.07) is 3.84. The second kappa shape index (κ2) is 4.65. The largest absolute Gasteiger partial charge is 0.492 e. The molecular formula is C11H14ClNO. The molecule has 0 N–H and O–H groups in total. The van der Waals surface area contributed by atoms with Gasteiger partial charge in [-0.2, -0.15) is 0 Å². The lowest BCUT2D eigenvalue weighted by molar-refractivity contribution is 0.180. The molecule has 1 aromatic rings. The van der Waals surface area contributed by atoms with Crippen LogP contribution in [0.1, 0.15) is 25.0 Å². The normalized spacial score (nSPS) is 16.4. The summed E-state index contributed by atoms with van der Waals surface area (Å²) in [4.78, 5) is 4.16. The second-order valence-corrected chi connectivity index (χ2v) is 3.99. The first kappa shape index (κ1) is 9.78. The summed E-state index contributed by atoms with van der Waals surface area (Å²) < 4.78 is 5.60. The minimum atomic E-state index is 0.461. The van der Waals surface area contributed by atoms with Crippen molar-refractivity contribution < 1.29 is 4.74 Å². The molecule has 0 atom stereocenters. The van der Waals surface area contributed by atoms with E-state index in [-0.39, 0.29) is 0 Å². The fraction of sp³-hybridized carbons (Fsp3) is 0.545. The number of halogens is 1. The van der Waals surface area contributed by atoms with Crippen LogP contribution in [0.15, 0.2) is 18.3 Å². The summed E-state index contributed by atoms with van der Waals surface area (Å²) >= 11 is 5.64. The smallest absolute Gasteiger partial charge is 0.137 e. The van der Waals surface area contributed by atoms with E-state index in [1.165, 1.54) is 19.3 Å². The summed E-state index contributed by atoms with van der Waals surface area (Å²) in [5, 5.41) is 0. The number of rotatable bonds is 4. The molecule has 2 nitrogen and oxygen atoms in total. The maximum Gasteiger partial charge on any atom is 0.137 e. The average Bonchev–Trinajstić information content (AvgIpc) is 2.16. The summed E-state index contributed by atoms with van der Waals surface area (Å²) in [7, 11) is 0. The zero-order valence-electron chi connectivity index (χ0n) is 8.08. The van der Waals surface area contributed by atoms with Crippen LogP contribution in [0.3, 0.4) is 0 Å². The highest BCUT2D eigenvalue weighted by Gasteiger charge is 2.17. The van der Waals surface area contributed by atoms with Crippen molar-refractivity contribution in [1.29, 1.82) is 0 Å². The number of aromatic nitrogens is 1. The molecule has 0 saturated heterocycles. The zero-order valence-corrected chi connectivity index (χ0v) is 8.83. The van der Waals surface area contributed by atoms with Gasteiger partial charge in [-0.15, -0.1) is 11.6 Å². The van der Waals surface area contributed by atoms with Crippen molar-refractivity contribution in [2.45, 2.75) is 25.1 Å². The molecule has 1 aromatic heterocycles. The average molecular weight is 212 g/mol. The molecular weight excluding hydrogens is 198 g/mol. The van der Waals surface area contributed by atoms with Gasteiger partial charge >= 0.3 is 0 Å². The Morgan fingerprint density at radius 2 is 2.29 bits per heavy atom. The topological polar surface area (TPSA) is 22.1 Å². The van der Waals surface area contributed by atoms with E-state index in [4.69, 9.17) is 16.3 Å². The summed E-state index contributed by atoms with van der Waals surface area (Å²) in [5.41, 5.74) is 0.891. The Labute approximate surface area is 89.3 Å². The van der Waals surface area contributed by atoms with Crippen molar-refractivity contribution in [2.75, 3.05) is 6.61 Å². The zero-order chi connectivity index (χ0) is 9.80. The van der Waals surface area contributed by atoms with E-state index in [9.17, 15) is 0 Å². The third-order valence-electron chi connectivity index (χ3n) is 2.64. The van der Waals surface area contributed by atoms with Crippen LogP contribution in [0, 0.1) is 5.92 Å². The van der Waals surface area contributed by atoms with Crippen LogP contribution in [0.25, 0.3) is 0 Å². The van der Waals surface area contributed by atoms with Gasteiger partial charge in [-0.25, -0.2) is 0 Å². The standard InChI is InChI=1S/C11H14ClNO/c12-6-10-4-5-11(7-13-10)14-8-9-2-1-3-9/h4-5,7,9H,1-3,6,8H2. The van der Waals surface area contributed by atoms with Gasteiger partial charge in [-0.3, -0.25) is 4.98 Å². The minimum Gasteiger partial charge on any atom is -0.492 e. The molecule has 0 amide bonds. The lowest BCUT2D eigenvalue weighted by Crippen LogP contribution is -2.19. The maximum absolute atomic E-state index is 5.64. The van der Waals surface area contributed by atoms with Crippen molar-refractivity contribution in [3.63, 3.8) is 0 Å². The molecule has 0 spiro atoms. The van der Waals surface area contributed by atoms with Crippen LogP contribution in [-0.2, 0) is 5.88 Å². The van der Waals surface area contributed by atoms with Crippen molar-refractivity contribution >= 4 is 11.6 Å². The predicted octanol–water partition coefficient (Wildman–Crippen LogP) is 3.00. The number of hydrogen-bond acceptors (Lipinski definition) is 2. The van der Waals surface area contributed by atoms with Crippen LogP contribution in [-0.4, -0.2) is 11.6 Å². The molecule has 1 fully saturated rings. The lowest BCUT2D eigenvalue weighted by Gasteiger charge is -2.24. The van der Waals surface area contributed by atoms with E-state index < -0.39 is 0 Å². The molecule has 3 heteroatoms. The molecule has 1 aliphatic rings. The fourth-order valence-electron chi connectivity index (χ4n) is 1.45. The summed E-state index contributed by atoms with van der Waals surface area (Å²) in [6.45, 7) is 0.835. The maximum atomic E-state index is 5.64. The quantitative estimate of drug-likeness (QED) is 0.715. The molecule has 0 bridgehead atoms. The number of nitrogens with zero attached hydrogens (tertiary/aromatic N) is 1. The Hall–Kier alpha value is -0.760. The van der Waals surface area contributed by atoms with E-state index in [2.05, 4.69) is 4.98 Å². The van der Waals surface area contributed by atoms with E-state index >= 15 is 0 Å². The molecule has 2 rings (SSSR count). The highest BCUT2D eigenvalue weighted by atomic mass is 35.5. The van der Waals surface area contributed by atoms with E-state index in [0.717, 1.165) is 24.0 Å². The third-order valence-corrected chi connectivity index (χ3v) is 2.92. The first-order chi connectivity index (χ1) is 6.88. The molecule has 0 aliphatic heterocycles. The van der Waals surface area contributed by atoms with Gasteiger partial charge in [0.2, 0.25) is 0 Å². The van der Waals surface area contributed by atoms with Crippen molar-refractivity contribution in [2.24, 2.45) is 5.92 Å². The molecule has 14 heavy (non-hydrogen) atoms. The summed E-state index contributed by atoms with van der Waals surface area (Å²) in [5.74, 6) is 2.08. The van der Waals surface area contributed by atoms with Gasteiger partial charge in [-0.1, -0.05) is 6.42 Å². The van der Waals surface area contributed by atoms with Crippen LogP contribution in [0.4, 0.5) is 0 Å². The van der Waals surface area contributed by atoms with E-state index in [1.807, 2.05) is 12.1 Å².